The first kappa shape index (κ1) is 48.1. The van der Waals surface area contributed by atoms with E-state index in [9.17, 15) is 4.79 Å². The Kier molecular flexibility index (Phi) is 54.2. The molecule has 0 saturated heterocycles. The number of nitrogens with two attached hydrogens (primary N) is 1. The molecule has 0 aliphatic carbocycles. The highest BCUT2D eigenvalue weighted by Gasteiger charge is 2.02. The van der Waals surface area contributed by atoms with Gasteiger partial charge in [0.05, 0.1) is 0 Å². The molecule has 0 heterocycles. The maximum atomic E-state index is 10.1. The molecule has 0 aliphatic heterocycles. The van der Waals surface area contributed by atoms with Crippen LogP contribution in [0.1, 0.15) is 206 Å². The standard InChI is InChI=1S/C23H47NS.C16H32O.CH5N/c1-3-4-5-6-7-8-9-10-11-12-13-14-16-19-23(22-25)20-17-15-18-21-24-2;1-2-3-4-5-6-7-8-9-10-11-12-13-14-15-16-17;1-2/h16,19,23-25H,3-15,17-18,20-22H2,1-2H3;16H,2-15H2,1H3;2H2,1H3/b19-16+;;. The Labute approximate surface area is 285 Å². The SMILES string of the molecule is CCCCCCCCCCCCC/C=C/C(CS)CCCCCNC.CCCCCCCCCCCCCCCC=O.CN. The average molecular weight is 641 g/mol. The normalized spacial score (nSPS) is 11.6. The number of rotatable bonds is 34. The lowest BCUT2D eigenvalue weighted by atomic mass is 10.0. The van der Waals surface area contributed by atoms with Gasteiger partial charge in [0.2, 0.25) is 0 Å². The van der Waals surface area contributed by atoms with Gasteiger partial charge in [0.25, 0.3) is 0 Å². The van der Waals surface area contributed by atoms with Crippen LogP contribution in [-0.2, 0) is 4.79 Å². The van der Waals surface area contributed by atoms with E-state index in [1.165, 1.54) is 187 Å². The minimum atomic E-state index is 0.686. The van der Waals surface area contributed by atoms with E-state index in [0.717, 1.165) is 31.4 Å². The molecule has 0 aromatic rings. The van der Waals surface area contributed by atoms with Crippen LogP contribution in [0.5, 0.6) is 0 Å². The van der Waals surface area contributed by atoms with Gasteiger partial charge < -0.3 is 15.8 Å². The predicted molar refractivity (Wildman–Crippen MR) is 206 cm³/mol. The zero-order valence-corrected chi connectivity index (χ0v) is 31.8. The highest BCUT2D eigenvalue weighted by Crippen LogP contribution is 2.16. The molecule has 44 heavy (non-hydrogen) atoms. The summed E-state index contributed by atoms with van der Waals surface area (Å²) in [5.41, 5.74) is 4.50. The third-order valence-electron chi connectivity index (χ3n) is 8.54. The second kappa shape index (κ2) is 49.6. The van der Waals surface area contributed by atoms with Crippen molar-refractivity contribution in [2.24, 2.45) is 11.7 Å². The molecule has 0 aliphatic rings. The fourth-order valence-electron chi connectivity index (χ4n) is 5.59. The van der Waals surface area contributed by atoms with Crippen molar-refractivity contribution in [3.63, 3.8) is 0 Å². The van der Waals surface area contributed by atoms with Crippen LogP contribution in [0.15, 0.2) is 12.2 Å². The molecule has 0 rings (SSSR count). The number of hydrogen-bond donors (Lipinski definition) is 3. The first-order chi connectivity index (χ1) is 21.8. The van der Waals surface area contributed by atoms with Gasteiger partial charge in [0, 0.05) is 6.42 Å². The van der Waals surface area contributed by atoms with Gasteiger partial charge in [-0.15, -0.1) is 0 Å². The Bertz CT molecular complexity index is 500. The van der Waals surface area contributed by atoms with Crippen molar-refractivity contribution in [3.05, 3.63) is 12.2 Å². The lowest BCUT2D eigenvalue weighted by Gasteiger charge is -2.09. The minimum Gasteiger partial charge on any atom is -0.333 e. The van der Waals surface area contributed by atoms with E-state index < -0.39 is 0 Å². The molecule has 0 saturated carbocycles. The van der Waals surface area contributed by atoms with E-state index >= 15 is 0 Å². The maximum absolute atomic E-state index is 10.1. The van der Waals surface area contributed by atoms with Crippen molar-refractivity contribution < 1.29 is 4.79 Å². The molecular weight excluding hydrogens is 557 g/mol. The van der Waals surface area contributed by atoms with Gasteiger partial charge in [-0.1, -0.05) is 180 Å². The largest absolute Gasteiger partial charge is 0.333 e. The maximum Gasteiger partial charge on any atom is 0.119 e. The third-order valence-corrected chi connectivity index (χ3v) is 9.01. The summed E-state index contributed by atoms with van der Waals surface area (Å²) in [6.07, 6.45) is 46.8. The number of carbonyl (C=O) groups is 1. The number of unbranched alkanes of at least 4 members (excludes halogenated alkanes) is 26. The van der Waals surface area contributed by atoms with E-state index in [2.05, 4.69) is 49.7 Å². The molecule has 1 unspecified atom stereocenters. The Morgan fingerprint density at radius 2 is 0.909 bits per heavy atom. The molecule has 3 N–H and O–H groups in total. The summed E-state index contributed by atoms with van der Waals surface area (Å²) in [5, 5.41) is 3.22. The summed E-state index contributed by atoms with van der Waals surface area (Å²) < 4.78 is 0. The average Bonchev–Trinajstić information content (AvgIpc) is 3.05. The van der Waals surface area contributed by atoms with Gasteiger partial charge in [-0.25, -0.2) is 0 Å². The molecule has 0 aromatic carbocycles. The molecule has 0 amide bonds. The summed E-state index contributed by atoms with van der Waals surface area (Å²) in [5.74, 6) is 1.69. The first-order valence-corrected chi connectivity index (χ1v) is 20.3. The lowest BCUT2D eigenvalue weighted by Crippen LogP contribution is -2.07. The van der Waals surface area contributed by atoms with Crippen molar-refractivity contribution in [1.82, 2.24) is 5.32 Å². The van der Waals surface area contributed by atoms with E-state index in [4.69, 9.17) is 0 Å². The Morgan fingerprint density at radius 1 is 0.545 bits per heavy atom. The first-order valence-electron chi connectivity index (χ1n) is 19.7. The summed E-state index contributed by atoms with van der Waals surface area (Å²) >= 11 is 4.51. The van der Waals surface area contributed by atoms with E-state index in [1.54, 1.807) is 0 Å². The zero-order valence-electron chi connectivity index (χ0n) is 30.9. The predicted octanol–water partition coefficient (Wildman–Crippen LogP) is 12.8. The molecule has 0 radical (unpaired) electrons. The molecular formula is C40H84N2OS. The molecule has 266 valence electrons. The molecule has 3 nitrogen and oxygen atoms in total. The van der Waals surface area contributed by atoms with E-state index in [0.29, 0.717) is 5.92 Å². The van der Waals surface area contributed by atoms with Crippen molar-refractivity contribution in [1.29, 1.82) is 0 Å². The van der Waals surface area contributed by atoms with Crippen LogP contribution >= 0.6 is 12.6 Å². The third kappa shape index (κ3) is 48.6. The summed E-state index contributed by atoms with van der Waals surface area (Å²) in [4.78, 5) is 10.1. The summed E-state index contributed by atoms with van der Waals surface area (Å²) in [6.45, 7) is 5.72. The highest BCUT2D eigenvalue weighted by molar-refractivity contribution is 7.80. The van der Waals surface area contributed by atoms with Gasteiger partial charge in [-0.05, 0) is 64.4 Å². The minimum absolute atomic E-state index is 0.686. The molecule has 4 heteroatoms. The second-order valence-corrected chi connectivity index (χ2v) is 13.2. The monoisotopic (exact) mass is 641 g/mol. The Morgan fingerprint density at radius 3 is 1.27 bits per heavy atom. The topological polar surface area (TPSA) is 55.1 Å². The van der Waals surface area contributed by atoms with Gasteiger partial charge in [0.1, 0.15) is 6.29 Å². The van der Waals surface area contributed by atoms with Crippen LogP contribution in [0.25, 0.3) is 0 Å². The van der Waals surface area contributed by atoms with Gasteiger partial charge >= 0.3 is 0 Å². The zero-order chi connectivity index (χ0) is 33.0. The molecule has 0 fully saturated rings. The molecule has 1 atom stereocenters. The van der Waals surface area contributed by atoms with Crippen LogP contribution in [-0.4, -0.2) is 32.7 Å². The molecule has 0 spiro atoms. The number of aldehydes is 1. The van der Waals surface area contributed by atoms with E-state index in [1.807, 2.05) is 7.05 Å². The summed E-state index contributed by atoms with van der Waals surface area (Å²) in [6, 6.07) is 0. The van der Waals surface area contributed by atoms with Crippen LogP contribution in [0.3, 0.4) is 0 Å². The van der Waals surface area contributed by atoms with Crippen LogP contribution in [0.4, 0.5) is 0 Å². The number of nitrogens with one attached hydrogen (secondary N) is 1. The van der Waals surface area contributed by atoms with Crippen molar-refractivity contribution >= 4 is 18.9 Å². The Balaban J connectivity index is -0.000000771. The quantitative estimate of drug-likeness (QED) is 0.0284. The number of carbonyl (C=O) groups excluding carboxylic acids is 1. The van der Waals surface area contributed by atoms with Gasteiger partial charge in [-0.3, -0.25) is 0 Å². The Hall–Kier alpha value is -0.320. The van der Waals surface area contributed by atoms with Crippen LogP contribution < -0.4 is 11.1 Å². The lowest BCUT2D eigenvalue weighted by molar-refractivity contribution is -0.107. The van der Waals surface area contributed by atoms with Gasteiger partial charge in [0.15, 0.2) is 0 Å². The number of allylic oxidation sites excluding steroid dienone is 2. The van der Waals surface area contributed by atoms with E-state index in [-0.39, 0.29) is 0 Å². The van der Waals surface area contributed by atoms with Gasteiger partial charge in [-0.2, -0.15) is 12.6 Å². The smallest absolute Gasteiger partial charge is 0.119 e. The number of hydrogen-bond acceptors (Lipinski definition) is 4. The van der Waals surface area contributed by atoms with Crippen molar-refractivity contribution in [2.45, 2.75) is 206 Å². The fourth-order valence-corrected chi connectivity index (χ4v) is 5.90. The molecule has 0 aromatic heterocycles. The number of thiol groups is 1. The van der Waals surface area contributed by atoms with Crippen molar-refractivity contribution in [2.75, 3.05) is 26.4 Å². The molecule has 0 bridgehead atoms. The highest BCUT2D eigenvalue weighted by atomic mass is 32.1. The fraction of sp³-hybridized carbons (Fsp3) is 0.925. The van der Waals surface area contributed by atoms with Crippen LogP contribution in [0.2, 0.25) is 0 Å². The summed E-state index contributed by atoms with van der Waals surface area (Å²) in [7, 11) is 3.54. The van der Waals surface area contributed by atoms with Crippen molar-refractivity contribution in [3.8, 4) is 0 Å². The van der Waals surface area contributed by atoms with Crippen LogP contribution in [0, 0.1) is 5.92 Å². The second-order valence-electron chi connectivity index (χ2n) is 12.8.